The molecule has 1 rings (SSSR count). The molecule has 3 heteroatoms. The van der Waals surface area contributed by atoms with Gasteiger partial charge in [-0.05, 0) is 48.2 Å². The van der Waals surface area contributed by atoms with E-state index in [9.17, 15) is 8.76 Å². The fourth-order valence-electron chi connectivity index (χ4n) is 1.61. The Morgan fingerprint density at radius 3 is 2.44 bits per heavy atom. The molecular formula is C13H17O2S-. The minimum absolute atomic E-state index is 0.209. The van der Waals surface area contributed by atoms with Crippen molar-refractivity contribution in [2.45, 2.75) is 38.0 Å². The van der Waals surface area contributed by atoms with Gasteiger partial charge in [-0.3, -0.25) is 4.21 Å². The summed E-state index contributed by atoms with van der Waals surface area (Å²) >= 11 is -2.18. The van der Waals surface area contributed by atoms with Crippen LogP contribution in [-0.2, 0) is 16.5 Å². The molecule has 1 unspecified atom stereocenters. The lowest BCUT2D eigenvalue weighted by Gasteiger charge is -2.28. The average Bonchev–Trinajstić information content (AvgIpc) is 2.17. The zero-order chi connectivity index (χ0) is 12.5. The van der Waals surface area contributed by atoms with Gasteiger partial charge in [0, 0.05) is 10.3 Å². The zero-order valence-corrected chi connectivity index (χ0v) is 11.0. The molecule has 0 aliphatic rings. The van der Waals surface area contributed by atoms with Crippen LogP contribution in [0.1, 0.15) is 31.9 Å². The average molecular weight is 237 g/mol. The summed E-state index contributed by atoms with van der Waals surface area (Å²) in [5, 5.41) is 0. The standard InChI is InChI=1S/C13H18O2S/c1-9(2)13(4,5)12-8-11(16(14)15)7-6-10(12)3/h6-8H,1H2,2-5H3,(H,14,15)/p-1. The summed E-state index contributed by atoms with van der Waals surface area (Å²) in [6.45, 7) is 12.0. The Labute approximate surface area is 99.7 Å². The summed E-state index contributed by atoms with van der Waals surface area (Å²) in [5.74, 6) is 0. The molecule has 2 nitrogen and oxygen atoms in total. The molecule has 1 aromatic rings. The number of hydrogen-bond donors (Lipinski definition) is 0. The molecule has 0 N–H and O–H groups in total. The zero-order valence-electron chi connectivity index (χ0n) is 10.2. The van der Waals surface area contributed by atoms with Crippen LogP contribution in [-0.4, -0.2) is 8.76 Å². The maximum atomic E-state index is 10.9. The summed E-state index contributed by atoms with van der Waals surface area (Å²) in [5.41, 5.74) is 2.91. The molecule has 0 aromatic heterocycles. The van der Waals surface area contributed by atoms with Gasteiger partial charge in [0.25, 0.3) is 0 Å². The molecule has 88 valence electrons. The first kappa shape index (κ1) is 13.1. The molecule has 0 saturated carbocycles. The Morgan fingerprint density at radius 1 is 1.44 bits per heavy atom. The largest absolute Gasteiger partial charge is 0.768 e. The first-order valence-electron chi connectivity index (χ1n) is 5.13. The van der Waals surface area contributed by atoms with Gasteiger partial charge in [0.1, 0.15) is 0 Å². The second kappa shape index (κ2) is 4.52. The molecule has 0 radical (unpaired) electrons. The topological polar surface area (TPSA) is 40.1 Å². The smallest absolute Gasteiger partial charge is 0.0252 e. The van der Waals surface area contributed by atoms with Gasteiger partial charge in [-0.2, -0.15) is 0 Å². The number of benzene rings is 1. The fourth-order valence-corrected chi connectivity index (χ4v) is 2.00. The Kier molecular flexibility index (Phi) is 3.71. The Balaban J connectivity index is 3.38. The molecule has 1 aromatic carbocycles. The summed E-state index contributed by atoms with van der Waals surface area (Å²) in [7, 11) is 0. The van der Waals surface area contributed by atoms with Gasteiger partial charge < -0.3 is 4.55 Å². The Bertz CT molecular complexity index is 447. The van der Waals surface area contributed by atoms with Crippen molar-refractivity contribution in [3.05, 3.63) is 41.5 Å². The monoisotopic (exact) mass is 237 g/mol. The lowest BCUT2D eigenvalue weighted by Crippen LogP contribution is -2.19. The van der Waals surface area contributed by atoms with Gasteiger partial charge in [-0.15, -0.1) is 0 Å². The van der Waals surface area contributed by atoms with Crippen molar-refractivity contribution >= 4 is 11.1 Å². The van der Waals surface area contributed by atoms with Crippen LogP contribution < -0.4 is 0 Å². The molecule has 0 aliphatic heterocycles. The van der Waals surface area contributed by atoms with Crippen molar-refractivity contribution in [3.8, 4) is 0 Å². The molecule has 16 heavy (non-hydrogen) atoms. The van der Waals surface area contributed by atoms with Crippen molar-refractivity contribution in [3.63, 3.8) is 0 Å². The molecule has 0 amide bonds. The van der Waals surface area contributed by atoms with E-state index in [2.05, 4.69) is 20.4 Å². The summed E-state index contributed by atoms with van der Waals surface area (Å²) in [4.78, 5) is 0.329. The van der Waals surface area contributed by atoms with Crippen LogP contribution in [0.4, 0.5) is 0 Å². The minimum atomic E-state index is -2.18. The lowest BCUT2D eigenvalue weighted by atomic mass is 9.77. The SMILES string of the molecule is C=C(C)C(C)(C)c1cc(S(=O)[O-])ccc1C. The number of aryl methyl sites for hydroxylation is 1. The van der Waals surface area contributed by atoms with Gasteiger partial charge in [-0.1, -0.05) is 32.1 Å². The van der Waals surface area contributed by atoms with Crippen molar-refractivity contribution in [1.29, 1.82) is 0 Å². The van der Waals surface area contributed by atoms with E-state index >= 15 is 0 Å². The van der Waals surface area contributed by atoms with Crippen molar-refractivity contribution in [2.75, 3.05) is 0 Å². The van der Waals surface area contributed by atoms with Crippen molar-refractivity contribution in [2.24, 2.45) is 0 Å². The number of hydrogen-bond acceptors (Lipinski definition) is 2. The maximum absolute atomic E-state index is 10.9. The lowest BCUT2D eigenvalue weighted by molar-refractivity contribution is 0.536. The normalized spacial score (nSPS) is 13.6. The molecule has 1 atom stereocenters. The quantitative estimate of drug-likeness (QED) is 0.598. The number of rotatable bonds is 3. The van der Waals surface area contributed by atoms with Gasteiger partial charge in [-0.25, -0.2) is 0 Å². The van der Waals surface area contributed by atoms with Gasteiger partial charge in [0.05, 0.1) is 0 Å². The highest BCUT2D eigenvalue weighted by Gasteiger charge is 2.23. The molecular weight excluding hydrogens is 220 g/mol. The minimum Gasteiger partial charge on any atom is -0.768 e. The van der Waals surface area contributed by atoms with Gasteiger partial charge in [0.15, 0.2) is 0 Å². The van der Waals surface area contributed by atoms with E-state index in [1.165, 1.54) is 0 Å². The van der Waals surface area contributed by atoms with Crippen LogP contribution in [0.5, 0.6) is 0 Å². The highest BCUT2D eigenvalue weighted by atomic mass is 32.2. The van der Waals surface area contributed by atoms with E-state index in [-0.39, 0.29) is 5.41 Å². The van der Waals surface area contributed by atoms with E-state index in [0.717, 1.165) is 16.7 Å². The fraction of sp³-hybridized carbons (Fsp3) is 0.385. The van der Waals surface area contributed by atoms with Gasteiger partial charge in [0.2, 0.25) is 0 Å². The summed E-state index contributed by atoms with van der Waals surface area (Å²) in [6, 6.07) is 5.19. The van der Waals surface area contributed by atoms with Crippen LogP contribution in [0.15, 0.2) is 35.2 Å². The van der Waals surface area contributed by atoms with E-state index in [1.54, 1.807) is 12.1 Å². The highest BCUT2D eigenvalue weighted by molar-refractivity contribution is 7.79. The molecule has 0 bridgehead atoms. The second-order valence-electron chi connectivity index (χ2n) is 4.62. The second-order valence-corrected chi connectivity index (χ2v) is 5.56. The highest BCUT2D eigenvalue weighted by Crippen LogP contribution is 2.33. The predicted molar refractivity (Wildman–Crippen MR) is 66.2 cm³/mol. The summed E-state index contributed by atoms with van der Waals surface area (Å²) < 4.78 is 21.9. The van der Waals surface area contributed by atoms with Crippen LogP contribution in [0, 0.1) is 6.92 Å². The molecule has 0 spiro atoms. The Morgan fingerprint density at radius 2 is 2.00 bits per heavy atom. The van der Waals surface area contributed by atoms with Crippen LogP contribution in [0.2, 0.25) is 0 Å². The molecule has 0 aliphatic carbocycles. The van der Waals surface area contributed by atoms with Crippen LogP contribution in [0.3, 0.4) is 0 Å². The summed E-state index contributed by atoms with van der Waals surface area (Å²) in [6.07, 6.45) is 0. The first-order valence-corrected chi connectivity index (χ1v) is 6.20. The first-order chi connectivity index (χ1) is 7.26. The van der Waals surface area contributed by atoms with E-state index < -0.39 is 11.1 Å². The van der Waals surface area contributed by atoms with Crippen molar-refractivity contribution < 1.29 is 8.76 Å². The van der Waals surface area contributed by atoms with E-state index in [1.807, 2.05) is 19.9 Å². The molecule has 0 fully saturated rings. The van der Waals surface area contributed by atoms with Crippen molar-refractivity contribution in [1.82, 2.24) is 0 Å². The van der Waals surface area contributed by atoms with Crippen LogP contribution >= 0.6 is 0 Å². The molecule has 0 saturated heterocycles. The maximum Gasteiger partial charge on any atom is 0.0252 e. The van der Waals surface area contributed by atoms with Gasteiger partial charge >= 0.3 is 0 Å². The molecule has 0 heterocycles. The third-order valence-corrected chi connectivity index (χ3v) is 3.78. The van der Waals surface area contributed by atoms with E-state index in [0.29, 0.717) is 4.90 Å². The third-order valence-electron chi connectivity index (χ3n) is 3.14. The number of allylic oxidation sites excluding steroid dienone is 1. The van der Waals surface area contributed by atoms with Crippen LogP contribution in [0.25, 0.3) is 0 Å². The Hall–Kier alpha value is -0.930. The third kappa shape index (κ3) is 2.42. The predicted octanol–water partition coefficient (Wildman–Crippen LogP) is 3.09. The van der Waals surface area contributed by atoms with E-state index in [4.69, 9.17) is 0 Å².